The molecule has 0 saturated carbocycles. The Labute approximate surface area is 164 Å². The van der Waals surface area contributed by atoms with Gasteiger partial charge in [-0.05, 0) is 26.3 Å². The van der Waals surface area contributed by atoms with Crippen molar-refractivity contribution in [1.29, 1.82) is 0 Å². The zero-order valence-electron chi connectivity index (χ0n) is 16.7. The van der Waals surface area contributed by atoms with Crippen molar-refractivity contribution < 1.29 is 9.72 Å². The summed E-state index contributed by atoms with van der Waals surface area (Å²) in [6.07, 6.45) is 0.294. The number of aryl methyl sites for hydroxylation is 2. The lowest BCUT2D eigenvalue weighted by atomic mass is 10.1. The van der Waals surface area contributed by atoms with Crippen LogP contribution in [0.25, 0.3) is 0 Å². The van der Waals surface area contributed by atoms with Crippen LogP contribution >= 0.6 is 0 Å². The van der Waals surface area contributed by atoms with Crippen LogP contribution in [0.15, 0.2) is 30.3 Å². The van der Waals surface area contributed by atoms with Gasteiger partial charge in [0.25, 0.3) is 0 Å². The summed E-state index contributed by atoms with van der Waals surface area (Å²) in [4.78, 5) is 27.7. The Kier molecular flexibility index (Phi) is 6.08. The fraction of sp³-hybridized carbons (Fsp3) is 0.500. The van der Waals surface area contributed by atoms with Gasteiger partial charge >= 0.3 is 5.69 Å². The van der Waals surface area contributed by atoms with Crippen LogP contribution in [-0.2, 0) is 17.9 Å². The second-order valence-corrected chi connectivity index (χ2v) is 7.41. The predicted molar refractivity (Wildman–Crippen MR) is 106 cm³/mol. The number of aromatic nitrogens is 2. The normalized spacial score (nSPS) is 17.7. The molecular weight excluding hydrogens is 358 g/mol. The Morgan fingerprint density at radius 1 is 1.25 bits per heavy atom. The van der Waals surface area contributed by atoms with Crippen LogP contribution < -0.4 is 0 Å². The Balaban J connectivity index is 1.54. The van der Waals surface area contributed by atoms with Crippen LogP contribution in [0.4, 0.5) is 5.69 Å². The molecule has 0 radical (unpaired) electrons. The number of hydrogen-bond donors (Lipinski definition) is 0. The van der Waals surface area contributed by atoms with Crippen molar-refractivity contribution in [2.75, 3.05) is 19.6 Å². The summed E-state index contributed by atoms with van der Waals surface area (Å²) in [5.74, 6) is 0.0714. The Morgan fingerprint density at radius 2 is 1.96 bits per heavy atom. The van der Waals surface area contributed by atoms with E-state index in [9.17, 15) is 14.9 Å². The molecule has 2 heterocycles. The van der Waals surface area contributed by atoms with Crippen molar-refractivity contribution in [2.24, 2.45) is 0 Å². The third-order valence-electron chi connectivity index (χ3n) is 5.34. The fourth-order valence-electron chi connectivity index (χ4n) is 3.90. The molecule has 1 aliphatic heterocycles. The molecule has 1 aromatic heterocycles. The molecule has 28 heavy (non-hydrogen) atoms. The second-order valence-electron chi connectivity index (χ2n) is 7.41. The van der Waals surface area contributed by atoms with Gasteiger partial charge in [-0.25, -0.2) is 0 Å². The quantitative estimate of drug-likeness (QED) is 0.563. The molecule has 1 aliphatic rings. The number of amides is 1. The van der Waals surface area contributed by atoms with Gasteiger partial charge in [0, 0.05) is 38.6 Å². The van der Waals surface area contributed by atoms with Crippen LogP contribution in [0.3, 0.4) is 0 Å². The van der Waals surface area contributed by atoms with E-state index in [4.69, 9.17) is 0 Å². The highest BCUT2D eigenvalue weighted by Crippen LogP contribution is 2.22. The van der Waals surface area contributed by atoms with Crippen LogP contribution in [0, 0.1) is 24.0 Å². The van der Waals surface area contributed by atoms with Crippen LogP contribution in [0.5, 0.6) is 0 Å². The number of carbonyl (C=O) groups excluding carboxylic acids is 1. The minimum atomic E-state index is -0.413. The maximum atomic E-state index is 12.7. The smallest absolute Gasteiger partial charge is 0.312 e. The minimum Gasteiger partial charge on any atom is -0.337 e. The molecule has 1 atom stereocenters. The van der Waals surface area contributed by atoms with Crippen LogP contribution in [0.2, 0.25) is 0 Å². The molecule has 1 aromatic carbocycles. The van der Waals surface area contributed by atoms with Crippen molar-refractivity contribution in [1.82, 2.24) is 19.6 Å². The van der Waals surface area contributed by atoms with Crippen molar-refractivity contribution >= 4 is 11.6 Å². The van der Waals surface area contributed by atoms with Crippen molar-refractivity contribution in [2.45, 2.75) is 46.3 Å². The molecule has 3 rings (SSSR count). The second kappa shape index (κ2) is 8.52. The molecule has 0 aliphatic carbocycles. The summed E-state index contributed by atoms with van der Waals surface area (Å²) in [6.45, 7) is 9.00. The van der Waals surface area contributed by atoms with E-state index in [1.807, 2.05) is 23.1 Å². The van der Waals surface area contributed by atoms with Crippen molar-refractivity contribution in [3.8, 4) is 0 Å². The van der Waals surface area contributed by atoms with E-state index in [1.165, 1.54) is 5.56 Å². The lowest BCUT2D eigenvalue weighted by Crippen LogP contribution is -2.53. The number of carbonyl (C=O) groups is 1. The topological polar surface area (TPSA) is 84.5 Å². The Hall–Kier alpha value is -2.74. The minimum absolute atomic E-state index is 0.0374. The number of nitro groups is 1. The maximum absolute atomic E-state index is 12.7. The predicted octanol–water partition coefficient (Wildman–Crippen LogP) is 2.53. The molecule has 1 saturated heterocycles. The fourth-order valence-corrected chi connectivity index (χ4v) is 3.90. The van der Waals surface area contributed by atoms with E-state index in [0.717, 1.165) is 19.6 Å². The first-order chi connectivity index (χ1) is 13.4. The highest BCUT2D eigenvalue weighted by molar-refractivity contribution is 5.76. The lowest BCUT2D eigenvalue weighted by Gasteiger charge is -2.40. The number of piperazine rings is 1. The molecule has 1 fully saturated rings. The molecule has 8 heteroatoms. The number of benzene rings is 1. The van der Waals surface area contributed by atoms with E-state index >= 15 is 0 Å². The van der Waals surface area contributed by atoms with Crippen LogP contribution in [-0.4, -0.2) is 56.1 Å². The van der Waals surface area contributed by atoms with Gasteiger partial charge < -0.3 is 4.90 Å². The highest BCUT2D eigenvalue weighted by atomic mass is 16.6. The molecular formula is C20H27N5O3. The summed E-state index contributed by atoms with van der Waals surface area (Å²) < 4.78 is 1.57. The van der Waals surface area contributed by atoms with E-state index in [-0.39, 0.29) is 17.6 Å². The molecule has 0 bridgehead atoms. The van der Waals surface area contributed by atoms with Gasteiger partial charge in [-0.1, -0.05) is 30.3 Å². The van der Waals surface area contributed by atoms with Gasteiger partial charge in [-0.15, -0.1) is 0 Å². The molecule has 0 unspecified atom stereocenters. The first-order valence-electron chi connectivity index (χ1n) is 9.61. The van der Waals surface area contributed by atoms with Gasteiger partial charge in [0.2, 0.25) is 5.91 Å². The maximum Gasteiger partial charge on any atom is 0.312 e. The Morgan fingerprint density at radius 3 is 2.57 bits per heavy atom. The molecule has 150 valence electrons. The third kappa shape index (κ3) is 4.39. The summed E-state index contributed by atoms with van der Waals surface area (Å²) in [5, 5.41) is 15.3. The van der Waals surface area contributed by atoms with Gasteiger partial charge in [0.05, 0.1) is 11.5 Å². The summed E-state index contributed by atoms with van der Waals surface area (Å²) in [7, 11) is 0. The molecule has 0 spiro atoms. The lowest BCUT2D eigenvalue weighted by molar-refractivity contribution is -0.386. The van der Waals surface area contributed by atoms with Gasteiger partial charge in [0.15, 0.2) is 0 Å². The third-order valence-corrected chi connectivity index (χ3v) is 5.34. The summed E-state index contributed by atoms with van der Waals surface area (Å²) in [6, 6.07) is 10.5. The zero-order valence-corrected chi connectivity index (χ0v) is 16.7. The highest BCUT2D eigenvalue weighted by Gasteiger charge is 2.28. The first kappa shape index (κ1) is 20.0. The standard InChI is InChI=1S/C20H27N5O3/c1-15-13-22(14-18-7-5-4-6-8-18)11-12-23(15)19(26)9-10-24-17(3)20(25(27)28)16(2)21-24/h4-8,15H,9-14H2,1-3H3/t15-/m1/s1. The molecule has 1 amide bonds. The van der Waals surface area contributed by atoms with Gasteiger partial charge in [-0.2, -0.15) is 5.10 Å². The van der Waals surface area contributed by atoms with Crippen LogP contribution in [0.1, 0.15) is 30.3 Å². The monoisotopic (exact) mass is 385 g/mol. The number of hydrogen-bond acceptors (Lipinski definition) is 5. The average Bonchev–Trinajstić information content (AvgIpc) is 2.94. The molecule has 2 aromatic rings. The SMILES string of the molecule is Cc1nn(CCC(=O)N2CCN(Cc3ccccc3)C[C@H]2C)c(C)c1[N+](=O)[O-]. The first-order valence-corrected chi connectivity index (χ1v) is 9.61. The van der Waals surface area contributed by atoms with E-state index in [2.05, 4.69) is 29.1 Å². The molecule has 8 nitrogen and oxygen atoms in total. The largest absolute Gasteiger partial charge is 0.337 e. The molecule has 0 N–H and O–H groups in total. The average molecular weight is 385 g/mol. The van der Waals surface area contributed by atoms with E-state index in [1.54, 1.807) is 18.5 Å². The number of nitrogens with zero attached hydrogens (tertiary/aromatic N) is 5. The van der Waals surface area contributed by atoms with Gasteiger partial charge in [0.1, 0.15) is 11.4 Å². The van der Waals surface area contributed by atoms with Gasteiger partial charge in [-0.3, -0.25) is 24.5 Å². The summed E-state index contributed by atoms with van der Waals surface area (Å²) in [5.41, 5.74) is 2.20. The summed E-state index contributed by atoms with van der Waals surface area (Å²) >= 11 is 0. The Bertz CT molecular complexity index is 849. The van der Waals surface area contributed by atoms with Crippen molar-refractivity contribution in [3.63, 3.8) is 0 Å². The zero-order chi connectivity index (χ0) is 20.3. The van der Waals surface area contributed by atoms with E-state index in [0.29, 0.717) is 30.9 Å². The van der Waals surface area contributed by atoms with Crippen molar-refractivity contribution in [3.05, 3.63) is 57.4 Å². The number of rotatable bonds is 6. The van der Waals surface area contributed by atoms with E-state index < -0.39 is 4.92 Å².